The molecule has 0 radical (unpaired) electrons. The maximum atomic E-state index is 13.6. The van der Waals surface area contributed by atoms with E-state index in [1.807, 2.05) is 16.4 Å². The van der Waals surface area contributed by atoms with E-state index >= 15 is 0 Å². The number of carbonyl (C=O) groups is 1. The molecule has 3 rings (SSSR count). The van der Waals surface area contributed by atoms with E-state index in [1.165, 1.54) is 0 Å². The van der Waals surface area contributed by atoms with Gasteiger partial charge >= 0.3 is 0 Å². The van der Waals surface area contributed by atoms with Crippen molar-refractivity contribution in [3.05, 3.63) is 26.6 Å². The van der Waals surface area contributed by atoms with E-state index in [0.29, 0.717) is 13.1 Å². The lowest BCUT2D eigenvalue weighted by Gasteiger charge is -2.37. The van der Waals surface area contributed by atoms with Crippen molar-refractivity contribution in [1.82, 2.24) is 19.4 Å². The van der Waals surface area contributed by atoms with Gasteiger partial charge in [0.25, 0.3) is 5.56 Å². The number of fused-ring (bicyclic) bond motifs is 1. The second-order valence-electron chi connectivity index (χ2n) is 9.78. The van der Waals surface area contributed by atoms with Gasteiger partial charge < -0.3 is 4.90 Å². The van der Waals surface area contributed by atoms with Gasteiger partial charge in [-0.2, -0.15) is 0 Å². The van der Waals surface area contributed by atoms with E-state index in [9.17, 15) is 9.59 Å². The molecule has 6 nitrogen and oxygen atoms in total. The van der Waals surface area contributed by atoms with Crippen molar-refractivity contribution < 1.29 is 4.79 Å². The molecule has 1 atom stereocenters. The Hall–Kier alpha value is -1.73. The lowest BCUT2D eigenvalue weighted by Crippen LogP contribution is -2.49. The summed E-state index contributed by atoms with van der Waals surface area (Å²) in [6.07, 6.45) is 1.92. The molecule has 172 valence electrons. The topological polar surface area (TPSA) is 58.4 Å². The van der Waals surface area contributed by atoms with Crippen LogP contribution in [0.3, 0.4) is 0 Å². The quantitative estimate of drug-likeness (QED) is 0.656. The second kappa shape index (κ2) is 9.41. The Kier molecular flexibility index (Phi) is 7.26. The summed E-state index contributed by atoms with van der Waals surface area (Å²) in [5.41, 5.74) is 1.13. The highest BCUT2D eigenvalue weighted by Crippen LogP contribution is 2.30. The van der Waals surface area contributed by atoms with Crippen molar-refractivity contribution in [3.8, 4) is 0 Å². The zero-order valence-electron chi connectivity index (χ0n) is 20.4. The first-order chi connectivity index (χ1) is 14.5. The Morgan fingerprint density at radius 2 is 1.81 bits per heavy atom. The Morgan fingerprint density at radius 1 is 1.16 bits per heavy atom. The van der Waals surface area contributed by atoms with E-state index in [0.717, 1.165) is 45.9 Å². The third-order valence-corrected chi connectivity index (χ3v) is 7.49. The van der Waals surface area contributed by atoms with Gasteiger partial charge in [0.05, 0.1) is 18.0 Å². The van der Waals surface area contributed by atoms with Crippen LogP contribution < -0.4 is 5.56 Å². The molecular formula is C24H38N4O2S. The number of hydrogen-bond donors (Lipinski definition) is 0. The van der Waals surface area contributed by atoms with Crippen LogP contribution in [0.2, 0.25) is 0 Å². The van der Waals surface area contributed by atoms with Crippen molar-refractivity contribution in [2.24, 2.45) is 0 Å². The zero-order valence-corrected chi connectivity index (χ0v) is 21.2. The van der Waals surface area contributed by atoms with Crippen molar-refractivity contribution in [2.45, 2.75) is 92.3 Å². The maximum Gasteiger partial charge on any atom is 0.262 e. The van der Waals surface area contributed by atoms with E-state index in [-0.39, 0.29) is 35.5 Å². The summed E-state index contributed by atoms with van der Waals surface area (Å²) in [6, 6.07) is 0.411. The minimum absolute atomic E-state index is 0.0505. The normalized spacial score (nSPS) is 18.0. The molecule has 0 saturated carbocycles. The predicted octanol–water partition coefficient (Wildman–Crippen LogP) is 4.48. The number of piperidine rings is 1. The summed E-state index contributed by atoms with van der Waals surface area (Å²) < 4.78 is 1.95. The summed E-state index contributed by atoms with van der Waals surface area (Å²) in [4.78, 5) is 37.8. The van der Waals surface area contributed by atoms with Crippen LogP contribution >= 0.6 is 11.3 Å². The smallest absolute Gasteiger partial charge is 0.262 e. The van der Waals surface area contributed by atoms with Crippen molar-refractivity contribution >= 4 is 27.5 Å². The first kappa shape index (κ1) is 23.9. The molecule has 1 fully saturated rings. The lowest BCUT2D eigenvalue weighted by atomic mass is 10.0. The van der Waals surface area contributed by atoms with Crippen LogP contribution in [0.1, 0.15) is 82.6 Å². The average Bonchev–Trinajstić information content (AvgIpc) is 2.95. The van der Waals surface area contributed by atoms with Crippen LogP contribution in [0.4, 0.5) is 0 Å². The molecule has 0 spiro atoms. The van der Waals surface area contributed by atoms with Crippen LogP contribution in [0, 0.1) is 13.8 Å². The Morgan fingerprint density at radius 3 is 2.39 bits per heavy atom. The average molecular weight is 447 g/mol. The van der Waals surface area contributed by atoms with Crippen molar-refractivity contribution in [1.29, 1.82) is 0 Å². The number of carbonyl (C=O) groups excluding carboxylic acids is 1. The minimum atomic E-state index is 0.0505. The van der Waals surface area contributed by atoms with E-state index in [4.69, 9.17) is 4.98 Å². The molecule has 0 N–H and O–H groups in total. The van der Waals surface area contributed by atoms with Crippen molar-refractivity contribution in [2.75, 3.05) is 19.6 Å². The monoisotopic (exact) mass is 446 g/mol. The first-order valence-electron chi connectivity index (χ1n) is 11.6. The summed E-state index contributed by atoms with van der Waals surface area (Å²) in [5, 5.41) is 0.769. The number of nitrogens with zero attached hydrogens (tertiary/aromatic N) is 4. The minimum Gasteiger partial charge on any atom is -0.337 e. The van der Waals surface area contributed by atoms with Gasteiger partial charge in [0.1, 0.15) is 10.7 Å². The summed E-state index contributed by atoms with van der Waals surface area (Å²) in [7, 11) is 0. The highest BCUT2D eigenvalue weighted by Gasteiger charge is 2.30. The lowest BCUT2D eigenvalue weighted by molar-refractivity contribution is -0.136. The van der Waals surface area contributed by atoms with Crippen molar-refractivity contribution in [3.63, 3.8) is 0 Å². The number of aryl methyl sites for hydroxylation is 2. The predicted molar refractivity (Wildman–Crippen MR) is 129 cm³/mol. The first-order valence-corrected chi connectivity index (χ1v) is 12.4. The fourth-order valence-corrected chi connectivity index (χ4v) is 5.94. The van der Waals surface area contributed by atoms with Crippen LogP contribution in [0.25, 0.3) is 10.2 Å². The number of thiophene rings is 1. The number of rotatable bonds is 6. The van der Waals surface area contributed by atoms with Gasteiger partial charge in [-0.1, -0.05) is 13.8 Å². The molecule has 3 heterocycles. The summed E-state index contributed by atoms with van der Waals surface area (Å²) in [6.45, 7) is 18.6. The molecule has 7 heteroatoms. The molecule has 0 bridgehead atoms. The molecule has 2 aromatic rings. The largest absolute Gasteiger partial charge is 0.337 e. The Bertz CT molecular complexity index is 997. The molecule has 1 saturated heterocycles. The molecular weight excluding hydrogens is 408 g/mol. The maximum absolute atomic E-state index is 13.6. The van der Waals surface area contributed by atoms with Crippen LogP contribution in [0.15, 0.2) is 4.79 Å². The zero-order chi connectivity index (χ0) is 23.0. The number of likely N-dealkylation sites (tertiary alicyclic amines) is 1. The molecule has 31 heavy (non-hydrogen) atoms. The molecule has 2 aromatic heterocycles. The van der Waals surface area contributed by atoms with Crippen LogP contribution in [0.5, 0.6) is 0 Å². The molecule has 1 aliphatic rings. The molecule has 1 aliphatic heterocycles. The molecule has 0 aromatic carbocycles. The molecule has 1 amide bonds. The standard InChI is InChI=1S/C24H38N4O2S/c1-14(2)22-25-23-21(17(7)18(8)31-23)24(30)28(22)19-10-9-11-26(12-19)13-20(29)27(15(3)4)16(5)6/h14-16,19H,9-13H2,1-8H3. The number of hydrogen-bond acceptors (Lipinski definition) is 5. The summed E-state index contributed by atoms with van der Waals surface area (Å²) in [5.74, 6) is 1.19. The second-order valence-corrected chi connectivity index (χ2v) is 11.0. The number of amides is 1. The third kappa shape index (κ3) is 4.72. The SMILES string of the molecule is Cc1sc2nc(C(C)C)n(C3CCCN(CC(=O)N(C(C)C)C(C)C)C3)c(=O)c2c1C. The fraction of sp³-hybridized carbons (Fsp3) is 0.708. The molecule has 1 unspecified atom stereocenters. The molecule has 0 aliphatic carbocycles. The van der Waals surface area contributed by atoms with Gasteiger partial charge in [0.15, 0.2) is 0 Å². The van der Waals surface area contributed by atoms with Gasteiger partial charge in [0, 0.05) is 29.4 Å². The fourth-order valence-electron chi connectivity index (χ4n) is 4.91. The van der Waals surface area contributed by atoms with Crippen LogP contribution in [-0.2, 0) is 4.79 Å². The highest BCUT2D eigenvalue weighted by atomic mass is 32.1. The van der Waals surface area contributed by atoms with Gasteiger partial charge in [-0.05, 0) is 66.5 Å². The van der Waals surface area contributed by atoms with Crippen LogP contribution in [-0.4, -0.2) is 57.0 Å². The van der Waals surface area contributed by atoms with Gasteiger partial charge in [-0.25, -0.2) is 4.98 Å². The summed E-state index contributed by atoms with van der Waals surface area (Å²) >= 11 is 1.61. The van der Waals surface area contributed by atoms with E-state index in [1.54, 1.807) is 11.3 Å². The third-order valence-electron chi connectivity index (χ3n) is 6.38. The van der Waals surface area contributed by atoms with E-state index < -0.39 is 0 Å². The Labute approximate surface area is 190 Å². The van der Waals surface area contributed by atoms with Gasteiger partial charge in [-0.15, -0.1) is 11.3 Å². The van der Waals surface area contributed by atoms with Gasteiger partial charge in [0.2, 0.25) is 5.91 Å². The Balaban J connectivity index is 1.93. The van der Waals surface area contributed by atoms with E-state index in [2.05, 4.69) is 53.4 Å². The van der Waals surface area contributed by atoms with Gasteiger partial charge in [-0.3, -0.25) is 19.1 Å². The number of aromatic nitrogens is 2. The highest BCUT2D eigenvalue weighted by molar-refractivity contribution is 7.18.